The second kappa shape index (κ2) is 7.84. The number of aryl methyl sites for hydroxylation is 1. The van der Waals surface area contributed by atoms with Crippen molar-refractivity contribution < 1.29 is 17.9 Å². The molecule has 150 valence electrons. The number of nitrogens with zero attached hydrogens (tertiary/aromatic N) is 2. The third kappa shape index (κ3) is 4.25. The van der Waals surface area contributed by atoms with Crippen LogP contribution in [0.2, 0.25) is 0 Å². The van der Waals surface area contributed by atoms with Crippen LogP contribution in [-0.4, -0.2) is 32.0 Å². The molecule has 1 aliphatic heterocycles. The van der Waals surface area contributed by atoms with Crippen molar-refractivity contribution in [1.29, 1.82) is 0 Å². The third-order valence-electron chi connectivity index (χ3n) is 4.57. The Bertz CT molecular complexity index is 1100. The summed E-state index contributed by atoms with van der Waals surface area (Å²) in [6, 6.07) is 13.8. The van der Waals surface area contributed by atoms with Gasteiger partial charge in [0.25, 0.3) is 15.9 Å². The molecule has 1 N–H and O–H groups in total. The van der Waals surface area contributed by atoms with Gasteiger partial charge in [0.2, 0.25) is 0 Å². The molecule has 2 aromatic carbocycles. The molecule has 1 amide bonds. The van der Waals surface area contributed by atoms with E-state index >= 15 is 0 Å². The number of ether oxygens (including phenoxy) is 1. The lowest BCUT2D eigenvalue weighted by molar-refractivity contribution is -0.122. The van der Waals surface area contributed by atoms with Gasteiger partial charge < -0.3 is 9.64 Å². The van der Waals surface area contributed by atoms with Gasteiger partial charge in [-0.3, -0.25) is 9.52 Å². The summed E-state index contributed by atoms with van der Waals surface area (Å²) in [7, 11) is -3.72. The van der Waals surface area contributed by atoms with Gasteiger partial charge in [0.15, 0.2) is 11.2 Å². The molecule has 1 aliphatic rings. The van der Waals surface area contributed by atoms with Gasteiger partial charge in [0.1, 0.15) is 5.75 Å². The van der Waals surface area contributed by atoms with Crippen molar-refractivity contribution in [2.24, 2.45) is 0 Å². The van der Waals surface area contributed by atoms with Gasteiger partial charge in [0, 0.05) is 30.2 Å². The van der Waals surface area contributed by atoms with E-state index in [1.807, 2.05) is 31.2 Å². The summed E-state index contributed by atoms with van der Waals surface area (Å²) in [4.78, 5) is 18.4. The van der Waals surface area contributed by atoms with E-state index in [2.05, 4.69) is 9.71 Å². The molecule has 1 fully saturated rings. The highest BCUT2D eigenvalue weighted by molar-refractivity contribution is 7.93. The molecule has 2 heterocycles. The zero-order valence-electron chi connectivity index (χ0n) is 15.6. The van der Waals surface area contributed by atoms with Crippen molar-refractivity contribution in [3.63, 3.8) is 0 Å². The summed E-state index contributed by atoms with van der Waals surface area (Å²) < 4.78 is 33.1. The molecule has 1 aromatic heterocycles. The second-order valence-electron chi connectivity index (χ2n) is 6.63. The molecular weight excluding hydrogens is 410 g/mol. The number of thiazole rings is 1. The van der Waals surface area contributed by atoms with Crippen LogP contribution in [0.25, 0.3) is 0 Å². The van der Waals surface area contributed by atoms with E-state index in [4.69, 9.17) is 4.74 Å². The van der Waals surface area contributed by atoms with Gasteiger partial charge in [-0.15, -0.1) is 11.3 Å². The Balaban J connectivity index is 1.45. The Labute approximate surface area is 173 Å². The second-order valence-corrected chi connectivity index (χ2v) is 9.21. The Hall–Kier alpha value is -2.91. The molecule has 0 spiro atoms. The number of nitrogens with one attached hydrogen (secondary N) is 1. The molecule has 3 aromatic rings. The minimum Gasteiger partial charge on any atom is -0.481 e. The average molecular weight is 430 g/mol. The maximum absolute atomic E-state index is 12.7. The van der Waals surface area contributed by atoms with E-state index in [0.717, 1.165) is 5.56 Å². The number of hydrogen-bond acceptors (Lipinski definition) is 6. The van der Waals surface area contributed by atoms with Gasteiger partial charge >= 0.3 is 0 Å². The highest BCUT2D eigenvalue weighted by Gasteiger charge is 2.34. The lowest BCUT2D eigenvalue weighted by Crippen LogP contribution is -2.32. The van der Waals surface area contributed by atoms with E-state index in [0.29, 0.717) is 29.5 Å². The normalized spacial score (nSPS) is 16.8. The van der Waals surface area contributed by atoms with Crippen LogP contribution in [0.15, 0.2) is 65.0 Å². The summed E-state index contributed by atoms with van der Waals surface area (Å²) in [5, 5.41) is 1.99. The molecule has 0 aliphatic carbocycles. The number of benzene rings is 2. The predicted molar refractivity (Wildman–Crippen MR) is 112 cm³/mol. The van der Waals surface area contributed by atoms with Crippen molar-refractivity contribution in [2.75, 3.05) is 16.2 Å². The van der Waals surface area contributed by atoms with E-state index in [9.17, 15) is 13.2 Å². The van der Waals surface area contributed by atoms with E-state index in [-0.39, 0.29) is 10.8 Å². The average Bonchev–Trinajstić information content (AvgIpc) is 3.34. The van der Waals surface area contributed by atoms with Crippen molar-refractivity contribution in [2.45, 2.75) is 24.3 Å². The zero-order chi connectivity index (χ0) is 20.4. The van der Waals surface area contributed by atoms with Crippen molar-refractivity contribution >= 4 is 38.1 Å². The molecule has 4 rings (SSSR count). The first-order valence-corrected chi connectivity index (χ1v) is 11.4. The topological polar surface area (TPSA) is 88.6 Å². The number of carbonyl (C=O) groups is 1. The summed E-state index contributed by atoms with van der Waals surface area (Å²) in [5.41, 5.74) is 1.76. The molecule has 1 unspecified atom stereocenters. The Morgan fingerprint density at radius 1 is 1.14 bits per heavy atom. The van der Waals surface area contributed by atoms with Crippen molar-refractivity contribution in [3.8, 4) is 5.75 Å². The molecule has 1 saturated heterocycles. The molecule has 1 atom stereocenters. The summed E-state index contributed by atoms with van der Waals surface area (Å²) >= 11 is 1.20. The standard InChI is InChI=1S/C20H19N3O4S2/c1-14-2-6-16(7-3-14)27-18-10-12-23(19(18)24)15-4-8-17(9-5-15)29(25,26)22-20-21-11-13-28-20/h2-9,11,13,18H,10,12H2,1H3,(H,21,22). The lowest BCUT2D eigenvalue weighted by Gasteiger charge is -2.18. The van der Waals surface area contributed by atoms with E-state index < -0.39 is 16.1 Å². The van der Waals surface area contributed by atoms with Crippen LogP contribution < -0.4 is 14.4 Å². The first kappa shape index (κ1) is 19.4. The Morgan fingerprint density at radius 2 is 1.86 bits per heavy atom. The quantitative estimate of drug-likeness (QED) is 0.648. The Morgan fingerprint density at radius 3 is 2.52 bits per heavy atom. The van der Waals surface area contributed by atoms with Crippen LogP contribution in [0.3, 0.4) is 0 Å². The minimum absolute atomic E-state index is 0.107. The number of sulfonamides is 1. The number of anilines is 2. The molecule has 9 heteroatoms. The molecular formula is C20H19N3O4S2. The largest absolute Gasteiger partial charge is 0.481 e. The first-order valence-electron chi connectivity index (χ1n) is 8.99. The van der Waals surface area contributed by atoms with Crippen LogP contribution in [0, 0.1) is 6.92 Å². The van der Waals surface area contributed by atoms with Crippen molar-refractivity contribution in [1.82, 2.24) is 4.98 Å². The van der Waals surface area contributed by atoms with Crippen LogP contribution in [0.1, 0.15) is 12.0 Å². The van der Waals surface area contributed by atoms with Crippen LogP contribution in [0.4, 0.5) is 10.8 Å². The fraction of sp³-hybridized carbons (Fsp3) is 0.200. The smallest absolute Gasteiger partial charge is 0.268 e. The van der Waals surface area contributed by atoms with Gasteiger partial charge in [-0.2, -0.15) is 0 Å². The van der Waals surface area contributed by atoms with Crippen LogP contribution >= 0.6 is 11.3 Å². The maximum atomic E-state index is 12.7. The summed E-state index contributed by atoms with van der Waals surface area (Å²) in [5.74, 6) is 0.521. The first-order chi connectivity index (χ1) is 13.9. The lowest BCUT2D eigenvalue weighted by atomic mass is 10.2. The third-order valence-corrected chi connectivity index (χ3v) is 6.74. The molecule has 0 saturated carbocycles. The summed E-state index contributed by atoms with van der Waals surface area (Å²) in [6.45, 7) is 2.50. The summed E-state index contributed by atoms with van der Waals surface area (Å²) in [6.07, 6.45) is 1.55. The SMILES string of the molecule is Cc1ccc(OC2CCN(c3ccc(S(=O)(=O)Nc4nccs4)cc3)C2=O)cc1. The number of rotatable bonds is 6. The highest BCUT2D eigenvalue weighted by atomic mass is 32.2. The van der Waals surface area contributed by atoms with Gasteiger partial charge in [0.05, 0.1) is 4.90 Å². The monoisotopic (exact) mass is 429 g/mol. The van der Waals surface area contributed by atoms with Gasteiger partial charge in [-0.1, -0.05) is 17.7 Å². The predicted octanol–water partition coefficient (Wildman–Crippen LogP) is 3.44. The fourth-order valence-electron chi connectivity index (χ4n) is 3.05. The highest BCUT2D eigenvalue weighted by Crippen LogP contribution is 2.27. The molecule has 29 heavy (non-hydrogen) atoms. The van der Waals surface area contributed by atoms with Gasteiger partial charge in [-0.05, 0) is 43.3 Å². The number of carbonyl (C=O) groups excluding carboxylic acids is 1. The fourth-order valence-corrected chi connectivity index (χ4v) is 4.84. The maximum Gasteiger partial charge on any atom is 0.268 e. The Kier molecular flexibility index (Phi) is 5.25. The van der Waals surface area contributed by atoms with E-state index in [1.54, 1.807) is 22.4 Å². The zero-order valence-corrected chi connectivity index (χ0v) is 17.2. The van der Waals surface area contributed by atoms with Crippen LogP contribution in [0.5, 0.6) is 5.75 Å². The molecule has 0 bridgehead atoms. The number of hydrogen-bond donors (Lipinski definition) is 1. The molecule has 0 radical (unpaired) electrons. The number of aromatic nitrogens is 1. The molecule has 7 nitrogen and oxygen atoms in total. The van der Waals surface area contributed by atoms with Crippen LogP contribution in [-0.2, 0) is 14.8 Å². The van der Waals surface area contributed by atoms with Gasteiger partial charge in [-0.25, -0.2) is 13.4 Å². The van der Waals surface area contributed by atoms with Crippen molar-refractivity contribution in [3.05, 3.63) is 65.7 Å². The minimum atomic E-state index is -3.72. The van der Waals surface area contributed by atoms with E-state index in [1.165, 1.54) is 29.7 Å². The number of amides is 1.